The van der Waals surface area contributed by atoms with Gasteiger partial charge in [-0.15, -0.1) is 21.5 Å². The molecule has 1 aliphatic heterocycles. The molecule has 0 aliphatic carbocycles. The van der Waals surface area contributed by atoms with E-state index in [-0.39, 0.29) is 0 Å². The summed E-state index contributed by atoms with van der Waals surface area (Å²) in [5.41, 5.74) is 6.82. The molecule has 1 aliphatic rings. The fraction of sp³-hybridized carbons (Fsp3) is 0.250. The van der Waals surface area contributed by atoms with Gasteiger partial charge in [0.25, 0.3) is 5.95 Å². The minimum Gasteiger partial charge on any atom is -0.264 e. The van der Waals surface area contributed by atoms with Gasteiger partial charge in [0.1, 0.15) is 16.5 Å². The van der Waals surface area contributed by atoms with Gasteiger partial charge in [-0.3, -0.25) is 9.55 Å². The van der Waals surface area contributed by atoms with E-state index in [0.717, 1.165) is 40.0 Å². The topological polar surface area (TPSA) is 59.2 Å². The van der Waals surface area contributed by atoms with Crippen molar-refractivity contribution in [3.8, 4) is 5.00 Å². The van der Waals surface area contributed by atoms with Gasteiger partial charge >= 0.3 is 0 Å². The van der Waals surface area contributed by atoms with E-state index in [2.05, 4.69) is 70.9 Å². The fourth-order valence-corrected chi connectivity index (χ4v) is 5.26. The number of rotatable bonds is 4. The number of aromatic nitrogens is 4. The smallest absolute Gasteiger partial charge is 0.253 e. The van der Waals surface area contributed by atoms with Crippen molar-refractivity contribution in [3.63, 3.8) is 0 Å². The van der Waals surface area contributed by atoms with Gasteiger partial charge in [0.2, 0.25) is 0 Å². The molecule has 7 heteroatoms. The van der Waals surface area contributed by atoms with Crippen LogP contribution in [0.5, 0.6) is 0 Å². The molecule has 0 radical (unpaired) electrons. The Morgan fingerprint density at radius 3 is 2.52 bits per heavy atom. The number of fused-ring (bicyclic) bond motifs is 3. The van der Waals surface area contributed by atoms with Crippen molar-refractivity contribution in [1.29, 1.82) is 0 Å². The lowest BCUT2D eigenvalue weighted by Crippen LogP contribution is -2.20. The molecule has 0 unspecified atom stereocenters. The second kappa shape index (κ2) is 7.74. The Balaban J connectivity index is 1.77. The van der Waals surface area contributed by atoms with Crippen LogP contribution in [0.4, 0.5) is 5.95 Å². The van der Waals surface area contributed by atoms with Gasteiger partial charge in [-0.05, 0) is 44.4 Å². The predicted octanol–water partition coefficient (Wildman–Crippen LogP) is 4.98. The summed E-state index contributed by atoms with van der Waals surface area (Å²) in [6, 6.07) is 12.6. The monoisotopic (exact) mass is 428 g/mol. The molecular formula is C24H24N6S. The van der Waals surface area contributed by atoms with Gasteiger partial charge in [0, 0.05) is 28.4 Å². The molecule has 1 aromatic carbocycles. The predicted molar refractivity (Wildman–Crippen MR) is 125 cm³/mol. The van der Waals surface area contributed by atoms with E-state index < -0.39 is 0 Å². The summed E-state index contributed by atoms with van der Waals surface area (Å²) < 4.78 is 2.15. The van der Waals surface area contributed by atoms with E-state index in [4.69, 9.17) is 5.10 Å². The third-order valence-corrected chi connectivity index (χ3v) is 7.05. The SMILES string of the molecule is CCc1sc2c(c1C)C(c1ccc(C)cc1)=NN(Cc1cccnc1)c1nnc(C)n1-2. The number of benzene rings is 1. The molecule has 6 nitrogen and oxygen atoms in total. The van der Waals surface area contributed by atoms with E-state index in [9.17, 15) is 0 Å². The number of hydrazone groups is 1. The lowest BCUT2D eigenvalue weighted by Gasteiger charge is -2.18. The number of hydrogen-bond acceptors (Lipinski definition) is 6. The van der Waals surface area contributed by atoms with Crippen molar-refractivity contribution in [3.05, 3.63) is 87.3 Å². The first-order valence-electron chi connectivity index (χ1n) is 10.4. The van der Waals surface area contributed by atoms with Crippen molar-refractivity contribution in [2.75, 3.05) is 5.01 Å². The molecular weight excluding hydrogens is 404 g/mol. The molecule has 0 spiro atoms. The standard InChI is InChI=1S/C24H24N6S/c1-5-20-16(3)21-22(19-10-8-15(2)9-11-19)28-29(14-18-7-6-12-25-13-18)24-27-26-17(4)30(24)23(21)31-20/h6-13H,5,14H2,1-4H3. The van der Waals surface area contributed by atoms with Gasteiger partial charge in [0.05, 0.1) is 6.54 Å². The minimum atomic E-state index is 0.565. The highest BCUT2D eigenvalue weighted by molar-refractivity contribution is 7.15. The second-order valence-corrected chi connectivity index (χ2v) is 8.88. The van der Waals surface area contributed by atoms with E-state index in [1.54, 1.807) is 6.20 Å². The molecule has 0 amide bonds. The van der Waals surface area contributed by atoms with Crippen LogP contribution < -0.4 is 5.01 Å². The summed E-state index contributed by atoms with van der Waals surface area (Å²) in [6.45, 7) is 9.08. The van der Waals surface area contributed by atoms with Crippen molar-refractivity contribution in [2.45, 2.75) is 40.7 Å². The van der Waals surface area contributed by atoms with E-state index in [0.29, 0.717) is 6.54 Å². The number of thiophene rings is 1. The Morgan fingerprint density at radius 2 is 1.81 bits per heavy atom. The van der Waals surface area contributed by atoms with Gasteiger partial charge < -0.3 is 0 Å². The molecule has 0 bridgehead atoms. The molecule has 5 rings (SSSR count). The first kappa shape index (κ1) is 19.6. The normalized spacial score (nSPS) is 12.9. The molecule has 3 aromatic heterocycles. The summed E-state index contributed by atoms with van der Waals surface area (Å²) in [7, 11) is 0. The molecule has 4 heterocycles. The summed E-state index contributed by atoms with van der Waals surface area (Å²) in [5, 5.41) is 17.2. The zero-order valence-corrected chi connectivity index (χ0v) is 18.9. The van der Waals surface area contributed by atoms with Crippen molar-refractivity contribution in [1.82, 2.24) is 19.7 Å². The molecule has 0 saturated heterocycles. The first-order chi connectivity index (χ1) is 15.1. The number of anilines is 1. The van der Waals surface area contributed by atoms with Gasteiger partial charge in [-0.25, -0.2) is 5.01 Å². The summed E-state index contributed by atoms with van der Waals surface area (Å²) in [5.74, 6) is 1.59. The van der Waals surface area contributed by atoms with E-state index >= 15 is 0 Å². The Kier molecular flexibility index (Phi) is 4.90. The fourth-order valence-electron chi connectivity index (χ4n) is 3.97. The van der Waals surface area contributed by atoms with E-state index in [1.165, 1.54) is 21.6 Å². The average molecular weight is 429 g/mol. The summed E-state index contributed by atoms with van der Waals surface area (Å²) >= 11 is 1.81. The van der Waals surface area contributed by atoms with Gasteiger partial charge in [0.15, 0.2) is 0 Å². The maximum Gasteiger partial charge on any atom is 0.253 e. The van der Waals surface area contributed by atoms with Crippen LogP contribution in [0, 0.1) is 20.8 Å². The van der Waals surface area contributed by atoms with Crippen LogP contribution >= 0.6 is 11.3 Å². The largest absolute Gasteiger partial charge is 0.264 e. The molecule has 31 heavy (non-hydrogen) atoms. The third-order valence-electron chi connectivity index (χ3n) is 5.63. The van der Waals surface area contributed by atoms with Gasteiger partial charge in [-0.2, -0.15) is 5.10 Å². The highest BCUT2D eigenvalue weighted by atomic mass is 32.1. The average Bonchev–Trinajstić information content (AvgIpc) is 3.27. The maximum absolute atomic E-state index is 5.18. The Labute approximate surface area is 185 Å². The maximum atomic E-state index is 5.18. The molecule has 156 valence electrons. The molecule has 0 atom stereocenters. The zero-order valence-electron chi connectivity index (χ0n) is 18.1. The highest BCUT2D eigenvalue weighted by Crippen LogP contribution is 2.39. The van der Waals surface area contributed by atoms with Crippen LogP contribution in [-0.2, 0) is 13.0 Å². The summed E-state index contributed by atoms with van der Waals surface area (Å²) in [4.78, 5) is 5.64. The van der Waals surface area contributed by atoms with Crippen LogP contribution in [0.3, 0.4) is 0 Å². The van der Waals surface area contributed by atoms with Crippen LogP contribution in [0.1, 0.15) is 45.4 Å². The third kappa shape index (κ3) is 3.35. The van der Waals surface area contributed by atoms with Crippen molar-refractivity contribution < 1.29 is 0 Å². The van der Waals surface area contributed by atoms with E-state index in [1.807, 2.05) is 35.5 Å². The number of pyridine rings is 1. The summed E-state index contributed by atoms with van der Waals surface area (Å²) in [6.07, 6.45) is 4.64. The second-order valence-electron chi connectivity index (χ2n) is 7.80. The Morgan fingerprint density at radius 1 is 1.00 bits per heavy atom. The van der Waals surface area contributed by atoms with Crippen LogP contribution in [0.25, 0.3) is 5.00 Å². The minimum absolute atomic E-state index is 0.565. The number of hydrogen-bond donors (Lipinski definition) is 0. The number of aryl methyl sites for hydroxylation is 3. The Hall–Kier alpha value is -3.32. The van der Waals surface area contributed by atoms with Crippen LogP contribution in [-0.4, -0.2) is 25.5 Å². The highest BCUT2D eigenvalue weighted by Gasteiger charge is 2.30. The first-order valence-corrected chi connectivity index (χ1v) is 11.3. The lowest BCUT2D eigenvalue weighted by atomic mass is 9.98. The van der Waals surface area contributed by atoms with Gasteiger partial charge in [-0.1, -0.05) is 42.8 Å². The number of nitrogens with zero attached hydrogens (tertiary/aromatic N) is 6. The molecule has 4 aromatic rings. The van der Waals surface area contributed by atoms with Crippen LogP contribution in [0.2, 0.25) is 0 Å². The Bertz CT molecular complexity index is 1270. The quantitative estimate of drug-likeness (QED) is 0.460. The zero-order chi connectivity index (χ0) is 21.5. The van der Waals surface area contributed by atoms with Crippen molar-refractivity contribution in [2.24, 2.45) is 5.10 Å². The molecule has 0 N–H and O–H groups in total. The van der Waals surface area contributed by atoms with Crippen LogP contribution in [0.15, 0.2) is 53.9 Å². The lowest BCUT2D eigenvalue weighted by molar-refractivity contribution is 0.795. The molecule has 0 saturated carbocycles. The van der Waals surface area contributed by atoms with Crippen molar-refractivity contribution >= 4 is 23.0 Å². The molecule has 0 fully saturated rings.